The van der Waals surface area contributed by atoms with Gasteiger partial charge in [0.1, 0.15) is 5.39 Å². The van der Waals surface area contributed by atoms with Crippen LogP contribution >= 0.6 is 11.8 Å². The summed E-state index contributed by atoms with van der Waals surface area (Å²) < 4.78 is 1.54. The molecule has 0 saturated carbocycles. The monoisotopic (exact) mass is 405 g/mol. The van der Waals surface area contributed by atoms with E-state index in [4.69, 9.17) is 0 Å². The highest BCUT2D eigenvalue weighted by Crippen LogP contribution is 2.22. The van der Waals surface area contributed by atoms with E-state index in [1.54, 1.807) is 4.57 Å². The maximum Gasteiger partial charge on any atom is 0.269 e. The quantitative estimate of drug-likeness (QED) is 0.380. The van der Waals surface area contributed by atoms with E-state index in [0.29, 0.717) is 22.7 Å². The van der Waals surface area contributed by atoms with Crippen molar-refractivity contribution >= 4 is 28.7 Å². The molecule has 29 heavy (non-hydrogen) atoms. The van der Waals surface area contributed by atoms with Gasteiger partial charge in [-0.05, 0) is 24.1 Å². The Balaban J connectivity index is 1.59. The Morgan fingerprint density at radius 2 is 1.90 bits per heavy atom. The number of carbonyl (C=O) groups is 1. The molecule has 7 nitrogen and oxygen atoms in total. The van der Waals surface area contributed by atoms with Gasteiger partial charge in [0, 0.05) is 6.54 Å². The van der Waals surface area contributed by atoms with Crippen LogP contribution in [0.25, 0.3) is 16.7 Å². The second kappa shape index (κ2) is 8.32. The van der Waals surface area contributed by atoms with Crippen LogP contribution in [0.5, 0.6) is 0 Å². The second-order valence-electron chi connectivity index (χ2n) is 6.50. The lowest BCUT2D eigenvalue weighted by atomic mass is 10.2. The third-order valence-electron chi connectivity index (χ3n) is 4.47. The largest absolute Gasteiger partial charge is 0.351 e. The number of thioether (sulfide) groups is 1. The van der Waals surface area contributed by atoms with Crippen LogP contribution in [0.1, 0.15) is 11.1 Å². The first kappa shape index (κ1) is 18.9. The third kappa shape index (κ3) is 4.07. The Hall–Kier alpha value is -3.39. The van der Waals surface area contributed by atoms with Crippen LogP contribution in [0.4, 0.5) is 0 Å². The van der Waals surface area contributed by atoms with E-state index in [1.807, 2.05) is 61.5 Å². The van der Waals surface area contributed by atoms with E-state index < -0.39 is 0 Å². The molecule has 0 aliphatic heterocycles. The molecule has 0 unspecified atom stereocenters. The number of rotatable bonds is 6. The molecular weight excluding hydrogens is 386 g/mol. The SMILES string of the molecule is Cc1ccccc1-n1c(SCC(=O)NCc2ccccc2)nc2[nH]ncc2c1=O. The highest BCUT2D eigenvalue weighted by Gasteiger charge is 2.17. The lowest BCUT2D eigenvalue weighted by Crippen LogP contribution is -2.26. The fraction of sp³-hybridized carbons (Fsp3) is 0.143. The normalized spacial score (nSPS) is 10.9. The first-order valence-corrected chi connectivity index (χ1v) is 10.1. The number of amides is 1. The van der Waals surface area contributed by atoms with Crippen LogP contribution in [-0.4, -0.2) is 31.4 Å². The van der Waals surface area contributed by atoms with Crippen molar-refractivity contribution in [3.63, 3.8) is 0 Å². The topological polar surface area (TPSA) is 92.7 Å². The molecule has 2 aromatic carbocycles. The number of aryl methyl sites for hydroxylation is 1. The van der Waals surface area contributed by atoms with E-state index in [0.717, 1.165) is 16.8 Å². The lowest BCUT2D eigenvalue weighted by Gasteiger charge is -2.14. The minimum atomic E-state index is -0.217. The van der Waals surface area contributed by atoms with Crippen LogP contribution < -0.4 is 10.9 Å². The zero-order valence-corrected chi connectivity index (χ0v) is 16.6. The van der Waals surface area contributed by atoms with Crippen molar-refractivity contribution in [1.29, 1.82) is 0 Å². The number of hydrogen-bond donors (Lipinski definition) is 2. The molecule has 2 aromatic heterocycles. The molecule has 146 valence electrons. The van der Waals surface area contributed by atoms with Gasteiger partial charge in [-0.25, -0.2) is 4.98 Å². The average molecular weight is 405 g/mol. The Bertz CT molecular complexity index is 1220. The first-order chi connectivity index (χ1) is 14.1. The van der Waals surface area contributed by atoms with Crippen LogP contribution in [0.2, 0.25) is 0 Å². The third-order valence-corrected chi connectivity index (χ3v) is 5.41. The van der Waals surface area contributed by atoms with E-state index >= 15 is 0 Å². The zero-order chi connectivity index (χ0) is 20.2. The van der Waals surface area contributed by atoms with Crippen LogP contribution in [0.3, 0.4) is 0 Å². The Morgan fingerprint density at radius 3 is 2.69 bits per heavy atom. The zero-order valence-electron chi connectivity index (χ0n) is 15.8. The summed E-state index contributed by atoms with van der Waals surface area (Å²) in [6.07, 6.45) is 1.47. The van der Waals surface area contributed by atoms with E-state index in [-0.39, 0.29) is 17.2 Å². The van der Waals surface area contributed by atoms with Crippen molar-refractivity contribution in [2.75, 3.05) is 5.75 Å². The van der Waals surface area contributed by atoms with Crippen LogP contribution in [0.15, 0.2) is 70.7 Å². The van der Waals surface area contributed by atoms with Crippen LogP contribution in [-0.2, 0) is 11.3 Å². The number of hydrogen-bond acceptors (Lipinski definition) is 5. The predicted molar refractivity (Wildman–Crippen MR) is 113 cm³/mol. The summed E-state index contributed by atoms with van der Waals surface area (Å²) in [7, 11) is 0. The Morgan fingerprint density at radius 1 is 1.14 bits per heavy atom. The fourth-order valence-electron chi connectivity index (χ4n) is 2.98. The molecule has 2 heterocycles. The number of fused-ring (bicyclic) bond motifs is 1. The Labute approximate surface area is 171 Å². The van der Waals surface area contributed by atoms with E-state index in [9.17, 15) is 9.59 Å². The highest BCUT2D eigenvalue weighted by atomic mass is 32.2. The lowest BCUT2D eigenvalue weighted by molar-refractivity contribution is -0.118. The number of nitrogens with one attached hydrogen (secondary N) is 2. The number of para-hydroxylation sites is 1. The van der Waals surface area contributed by atoms with Crippen LogP contribution in [0, 0.1) is 6.92 Å². The molecule has 1 amide bonds. The van der Waals surface area contributed by atoms with Gasteiger partial charge in [-0.2, -0.15) is 5.10 Å². The molecule has 4 aromatic rings. The van der Waals surface area contributed by atoms with Gasteiger partial charge in [-0.1, -0.05) is 60.3 Å². The van der Waals surface area contributed by atoms with Gasteiger partial charge in [-0.15, -0.1) is 0 Å². The number of benzene rings is 2. The fourth-order valence-corrected chi connectivity index (χ4v) is 3.80. The van der Waals surface area contributed by atoms with Gasteiger partial charge in [0.05, 0.1) is 17.6 Å². The molecule has 0 aliphatic rings. The molecule has 2 N–H and O–H groups in total. The van der Waals surface area contributed by atoms with Crippen molar-refractivity contribution < 1.29 is 4.79 Å². The van der Waals surface area contributed by atoms with Crippen molar-refractivity contribution in [1.82, 2.24) is 25.1 Å². The first-order valence-electron chi connectivity index (χ1n) is 9.09. The molecule has 0 atom stereocenters. The number of carbonyl (C=O) groups excluding carboxylic acids is 1. The van der Waals surface area contributed by atoms with Gasteiger partial charge in [0.15, 0.2) is 10.8 Å². The molecular formula is C21H19N5O2S. The molecule has 0 bridgehead atoms. The standard InChI is InChI=1S/C21H19N5O2S/c1-14-7-5-6-10-17(14)26-20(28)16-12-23-25-19(16)24-21(26)29-13-18(27)22-11-15-8-3-2-4-9-15/h2-10,12H,11,13H2,1H3,(H,22,27)(H,23,25). The van der Waals surface area contributed by atoms with Crippen molar-refractivity contribution in [2.24, 2.45) is 0 Å². The summed E-state index contributed by atoms with van der Waals surface area (Å²) in [5.41, 5.74) is 2.90. The number of aromatic amines is 1. The maximum absolute atomic E-state index is 13.1. The number of nitrogens with zero attached hydrogens (tertiary/aromatic N) is 3. The minimum Gasteiger partial charge on any atom is -0.351 e. The smallest absolute Gasteiger partial charge is 0.269 e. The molecule has 0 fully saturated rings. The van der Waals surface area contributed by atoms with Gasteiger partial charge >= 0.3 is 0 Å². The Kier molecular flexibility index (Phi) is 5.44. The number of H-pyrrole nitrogens is 1. The van der Waals surface area contributed by atoms with Gasteiger partial charge in [0.25, 0.3) is 5.56 Å². The molecule has 0 aliphatic carbocycles. The highest BCUT2D eigenvalue weighted by molar-refractivity contribution is 7.99. The van der Waals surface area contributed by atoms with Gasteiger partial charge in [0.2, 0.25) is 5.91 Å². The van der Waals surface area contributed by atoms with Crippen molar-refractivity contribution in [2.45, 2.75) is 18.6 Å². The summed E-state index contributed by atoms with van der Waals surface area (Å²) in [6.45, 7) is 2.39. The summed E-state index contributed by atoms with van der Waals surface area (Å²) >= 11 is 1.22. The summed E-state index contributed by atoms with van der Waals surface area (Å²) in [4.78, 5) is 29.9. The molecule has 0 saturated heterocycles. The molecule has 8 heteroatoms. The number of aromatic nitrogens is 4. The predicted octanol–water partition coefficient (Wildman–Crippen LogP) is 2.83. The van der Waals surface area contributed by atoms with E-state index in [1.165, 1.54) is 18.0 Å². The van der Waals surface area contributed by atoms with Gasteiger partial charge in [-0.3, -0.25) is 19.3 Å². The van der Waals surface area contributed by atoms with Gasteiger partial charge < -0.3 is 5.32 Å². The molecule has 4 rings (SSSR count). The average Bonchev–Trinajstić information content (AvgIpc) is 3.21. The van der Waals surface area contributed by atoms with Crippen molar-refractivity contribution in [3.05, 3.63) is 82.3 Å². The van der Waals surface area contributed by atoms with E-state index in [2.05, 4.69) is 20.5 Å². The minimum absolute atomic E-state index is 0.130. The second-order valence-corrected chi connectivity index (χ2v) is 7.45. The summed E-state index contributed by atoms with van der Waals surface area (Å²) in [5.74, 6) is 0.0132. The molecule has 0 spiro atoms. The molecule has 0 radical (unpaired) electrons. The summed E-state index contributed by atoms with van der Waals surface area (Å²) in [6, 6.07) is 17.3. The summed E-state index contributed by atoms with van der Waals surface area (Å²) in [5, 5.41) is 10.4. The van der Waals surface area contributed by atoms with Crippen molar-refractivity contribution in [3.8, 4) is 5.69 Å². The maximum atomic E-state index is 13.1.